The minimum absolute atomic E-state index is 0.0409. The molecule has 0 spiro atoms. The predicted molar refractivity (Wildman–Crippen MR) is 170 cm³/mol. The number of carbonyl (C=O) groups excluding carboxylic acids is 3. The summed E-state index contributed by atoms with van der Waals surface area (Å²) in [6.07, 6.45) is -1.11. The summed E-state index contributed by atoms with van der Waals surface area (Å²) < 4.78 is 33.8. The second kappa shape index (κ2) is 17.3. The maximum absolute atomic E-state index is 14.2. The van der Waals surface area contributed by atoms with Crippen LogP contribution in [-0.2, 0) is 27.5 Å². The molecule has 4 amide bonds. The molecule has 11 nitrogen and oxygen atoms in total. The SMILES string of the molecule is CNC(=O)Nc1ccccc1-c1ccccc1CNC(=O)[C@@H](COCc1c(F)cccc1F)NC(=O)CC(C)(C)NC[C@H](O)CO. The normalized spacial score (nSPS) is 12.6. The van der Waals surface area contributed by atoms with E-state index in [2.05, 4.69) is 26.6 Å². The molecule has 0 saturated carbocycles. The molecule has 0 heterocycles. The lowest BCUT2D eigenvalue weighted by atomic mass is 9.98. The lowest BCUT2D eigenvalue weighted by Crippen LogP contribution is -2.52. The minimum Gasteiger partial charge on any atom is -0.394 e. The number of nitrogens with one attached hydrogen (secondary N) is 5. The Balaban J connectivity index is 1.76. The van der Waals surface area contributed by atoms with E-state index in [1.165, 1.54) is 13.1 Å². The highest BCUT2D eigenvalue weighted by atomic mass is 19.1. The van der Waals surface area contributed by atoms with Crippen molar-refractivity contribution in [1.29, 1.82) is 0 Å². The van der Waals surface area contributed by atoms with Gasteiger partial charge in [0.15, 0.2) is 0 Å². The maximum Gasteiger partial charge on any atom is 0.318 e. The van der Waals surface area contributed by atoms with Crippen molar-refractivity contribution >= 4 is 23.5 Å². The van der Waals surface area contributed by atoms with Crippen molar-refractivity contribution in [3.05, 3.63) is 89.5 Å². The molecule has 3 aromatic rings. The van der Waals surface area contributed by atoms with Gasteiger partial charge in [-0.05, 0) is 43.2 Å². The van der Waals surface area contributed by atoms with Crippen molar-refractivity contribution in [1.82, 2.24) is 21.3 Å². The number of benzene rings is 3. The summed E-state index contributed by atoms with van der Waals surface area (Å²) in [7, 11) is 1.51. The molecule has 0 aliphatic rings. The Kier molecular flexibility index (Phi) is 13.6. The van der Waals surface area contributed by atoms with Crippen LogP contribution in [0.5, 0.6) is 0 Å². The highest BCUT2D eigenvalue weighted by molar-refractivity contribution is 5.95. The third kappa shape index (κ3) is 10.9. The summed E-state index contributed by atoms with van der Waals surface area (Å²) in [6.45, 7) is 2.22. The zero-order chi connectivity index (χ0) is 33.7. The first-order valence-electron chi connectivity index (χ1n) is 14.7. The fraction of sp³-hybridized carbons (Fsp3) is 0.364. The molecular formula is C33H41F2N5O6. The van der Waals surface area contributed by atoms with Crippen molar-refractivity contribution in [3.63, 3.8) is 0 Å². The van der Waals surface area contributed by atoms with Gasteiger partial charge in [0.2, 0.25) is 11.8 Å². The van der Waals surface area contributed by atoms with E-state index < -0.39 is 60.4 Å². The predicted octanol–water partition coefficient (Wildman–Crippen LogP) is 2.81. The molecular weight excluding hydrogens is 600 g/mol. The minimum atomic E-state index is -1.23. The number of hydrogen-bond acceptors (Lipinski definition) is 7. The number of hydrogen-bond donors (Lipinski definition) is 7. The fourth-order valence-corrected chi connectivity index (χ4v) is 4.55. The van der Waals surface area contributed by atoms with E-state index in [0.717, 1.165) is 23.3 Å². The standard InChI is InChI=1S/C33H41F2N5O6/c1-33(2,38-17-22(42)18-41)15-30(43)39-29(20-46-19-25-26(34)12-8-13-27(25)35)31(44)37-16-21-9-4-5-10-23(21)24-11-6-7-14-28(24)40-32(45)36-3/h4-14,22,29,38,41-42H,15-20H2,1-3H3,(H,37,44)(H,39,43)(H2,36,40,45)/t22-,29+/m0/s1. The summed E-state index contributed by atoms with van der Waals surface area (Å²) >= 11 is 0. The van der Waals surface area contributed by atoms with Crippen molar-refractivity contribution < 1.29 is 38.1 Å². The Hall–Kier alpha value is -4.43. The number of ether oxygens (including phenoxy) is 1. The topological polar surface area (TPSA) is 161 Å². The lowest BCUT2D eigenvalue weighted by molar-refractivity contribution is -0.131. The Morgan fingerprint density at radius 1 is 0.935 bits per heavy atom. The molecule has 0 bridgehead atoms. The van der Waals surface area contributed by atoms with Gasteiger partial charge in [0.1, 0.15) is 17.7 Å². The molecule has 2 atom stereocenters. The number of carbonyl (C=O) groups is 3. The summed E-state index contributed by atoms with van der Waals surface area (Å²) in [5.41, 5.74) is 1.62. The maximum atomic E-state index is 14.2. The van der Waals surface area contributed by atoms with Crippen LogP contribution in [0, 0.1) is 11.6 Å². The van der Waals surface area contributed by atoms with Gasteiger partial charge in [-0.1, -0.05) is 48.5 Å². The summed E-state index contributed by atoms with van der Waals surface area (Å²) in [5.74, 6) is -2.72. The molecule has 0 aliphatic carbocycles. The van der Waals surface area contributed by atoms with E-state index in [0.29, 0.717) is 11.3 Å². The van der Waals surface area contributed by atoms with Gasteiger partial charge in [0.25, 0.3) is 0 Å². The fourth-order valence-electron chi connectivity index (χ4n) is 4.55. The summed E-state index contributed by atoms with van der Waals surface area (Å²) in [4.78, 5) is 38.5. The number of aliphatic hydroxyl groups is 2. The number of rotatable bonds is 16. The van der Waals surface area contributed by atoms with Crippen molar-refractivity contribution in [3.8, 4) is 11.1 Å². The molecule has 13 heteroatoms. The number of halogens is 2. The van der Waals surface area contributed by atoms with E-state index in [1.54, 1.807) is 32.0 Å². The number of aliphatic hydroxyl groups excluding tert-OH is 2. The summed E-state index contributed by atoms with van der Waals surface area (Å²) in [5, 5.41) is 32.5. The van der Waals surface area contributed by atoms with Crippen LogP contribution in [0.2, 0.25) is 0 Å². The highest BCUT2D eigenvalue weighted by Gasteiger charge is 2.27. The zero-order valence-electron chi connectivity index (χ0n) is 26.0. The van der Waals surface area contributed by atoms with Crippen LogP contribution in [0.1, 0.15) is 31.4 Å². The van der Waals surface area contributed by atoms with Crippen molar-refractivity contribution in [2.75, 3.05) is 32.1 Å². The van der Waals surface area contributed by atoms with Gasteiger partial charge in [-0.15, -0.1) is 0 Å². The molecule has 7 N–H and O–H groups in total. The smallest absolute Gasteiger partial charge is 0.318 e. The third-order valence-corrected chi connectivity index (χ3v) is 7.04. The van der Waals surface area contributed by atoms with E-state index >= 15 is 0 Å². The van der Waals surface area contributed by atoms with Gasteiger partial charge in [-0.2, -0.15) is 0 Å². The number of β-amino-alcohol motifs (C(OH)–C–C–N with tert-alkyl or cyclic N) is 1. The number of urea groups is 1. The van der Waals surface area contributed by atoms with Crippen LogP contribution in [0.25, 0.3) is 11.1 Å². The Morgan fingerprint density at radius 3 is 2.26 bits per heavy atom. The first-order valence-corrected chi connectivity index (χ1v) is 14.7. The van der Waals surface area contributed by atoms with E-state index in [1.807, 2.05) is 30.3 Å². The largest absolute Gasteiger partial charge is 0.394 e. The van der Waals surface area contributed by atoms with E-state index in [4.69, 9.17) is 9.84 Å². The zero-order valence-corrected chi connectivity index (χ0v) is 26.0. The van der Waals surface area contributed by atoms with Gasteiger partial charge >= 0.3 is 6.03 Å². The molecule has 3 rings (SSSR count). The molecule has 0 aliphatic heterocycles. The van der Waals surface area contributed by atoms with Crippen LogP contribution < -0.4 is 26.6 Å². The van der Waals surface area contributed by atoms with Crippen molar-refractivity contribution in [2.45, 2.75) is 51.1 Å². The Bertz CT molecular complexity index is 1470. The van der Waals surface area contributed by atoms with E-state index in [-0.39, 0.29) is 31.7 Å². The Morgan fingerprint density at radius 2 is 1.59 bits per heavy atom. The second-order valence-corrected chi connectivity index (χ2v) is 11.2. The van der Waals surface area contributed by atoms with Gasteiger partial charge in [-0.3, -0.25) is 9.59 Å². The van der Waals surface area contributed by atoms with Gasteiger partial charge in [0.05, 0.1) is 31.6 Å². The molecule has 248 valence electrons. The van der Waals surface area contributed by atoms with Gasteiger partial charge in [-0.25, -0.2) is 13.6 Å². The van der Waals surface area contributed by atoms with E-state index in [9.17, 15) is 28.3 Å². The van der Waals surface area contributed by atoms with Crippen LogP contribution >= 0.6 is 0 Å². The monoisotopic (exact) mass is 641 g/mol. The quantitative estimate of drug-likeness (QED) is 0.127. The first-order chi connectivity index (χ1) is 21.9. The molecule has 0 fully saturated rings. The molecule has 0 aromatic heterocycles. The molecule has 0 saturated heterocycles. The Labute approximate surface area is 266 Å². The van der Waals surface area contributed by atoms with Gasteiger partial charge < -0.3 is 41.5 Å². The van der Waals surface area contributed by atoms with Crippen LogP contribution in [0.3, 0.4) is 0 Å². The number of anilines is 1. The van der Waals surface area contributed by atoms with Crippen LogP contribution in [0.4, 0.5) is 19.3 Å². The van der Waals surface area contributed by atoms with Gasteiger partial charge in [0, 0.05) is 43.2 Å². The molecule has 3 aromatic carbocycles. The highest BCUT2D eigenvalue weighted by Crippen LogP contribution is 2.30. The van der Waals surface area contributed by atoms with Crippen LogP contribution in [0.15, 0.2) is 66.7 Å². The average molecular weight is 642 g/mol. The molecule has 0 unspecified atom stereocenters. The molecule has 46 heavy (non-hydrogen) atoms. The van der Waals surface area contributed by atoms with Crippen molar-refractivity contribution in [2.24, 2.45) is 0 Å². The number of para-hydroxylation sites is 1. The van der Waals surface area contributed by atoms with Crippen LogP contribution in [-0.4, -0.2) is 72.5 Å². The average Bonchev–Trinajstić information content (AvgIpc) is 3.03. The second-order valence-electron chi connectivity index (χ2n) is 11.2. The lowest BCUT2D eigenvalue weighted by Gasteiger charge is -2.28. The summed E-state index contributed by atoms with van der Waals surface area (Å²) in [6, 6.07) is 16.3. The third-order valence-electron chi connectivity index (χ3n) is 7.04. The first kappa shape index (κ1) is 36.0. The molecule has 0 radical (unpaired) electrons. The number of amides is 4.